The van der Waals surface area contributed by atoms with E-state index in [1.807, 2.05) is 43.5 Å². The number of para-hydroxylation sites is 1. The standard InChI is InChI=1S/C10H9ClN2/c1-8-10(11)7-13(12-8)9-5-3-2-4-6-9/h2-7H,1H3. The first-order valence-electron chi connectivity index (χ1n) is 4.04. The summed E-state index contributed by atoms with van der Waals surface area (Å²) in [7, 11) is 0. The van der Waals surface area contributed by atoms with Crippen molar-refractivity contribution in [2.45, 2.75) is 6.92 Å². The molecule has 0 saturated heterocycles. The van der Waals surface area contributed by atoms with Crippen LogP contribution < -0.4 is 0 Å². The van der Waals surface area contributed by atoms with E-state index >= 15 is 0 Å². The fraction of sp³-hybridized carbons (Fsp3) is 0.100. The zero-order valence-corrected chi connectivity index (χ0v) is 7.99. The average molecular weight is 193 g/mol. The minimum Gasteiger partial charge on any atom is -0.239 e. The number of halogens is 1. The van der Waals surface area contributed by atoms with Crippen LogP contribution in [0.1, 0.15) is 5.69 Å². The molecule has 0 aliphatic heterocycles. The van der Waals surface area contributed by atoms with Gasteiger partial charge in [-0.25, -0.2) is 4.68 Å². The summed E-state index contributed by atoms with van der Waals surface area (Å²) in [5, 5.41) is 4.96. The van der Waals surface area contributed by atoms with Crippen LogP contribution in [0.5, 0.6) is 0 Å². The summed E-state index contributed by atoms with van der Waals surface area (Å²) in [6.07, 6.45) is 1.81. The Hall–Kier alpha value is -1.28. The highest BCUT2D eigenvalue weighted by Crippen LogP contribution is 2.15. The van der Waals surface area contributed by atoms with Crippen molar-refractivity contribution in [3.8, 4) is 5.69 Å². The smallest absolute Gasteiger partial charge is 0.0819 e. The summed E-state index contributed by atoms with van der Waals surface area (Å²) in [5.41, 5.74) is 1.88. The number of aryl methyl sites for hydroxylation is 1. The molecule has 66 valence electrons. The minimum absolute atomic E-state index is 0.698. The van der Waals surface area contributed by atoms with Crippen molar-refractivity contribution in [1.29, 1.82) is 0 Å². The molecule has 0 bridgehead atoms. The van der Waals surface area contributed by atoms with Gasteiger partial charge in [0.1, 0.15) is 0 Å². The van der Waals surface area contributed by atoms with Crippen LogP contribution in [0.2, 0.25) is 5.02 Å². The van der Waals surface area contributed by atoms with Gasteiger partial charge < -0.3 is 0 Å². The van der Waals surface area contributed by atoms with E-state index in [-0.39, 0.29) is 0 Å². The Bertz CT molecular complexity index is 387. The van der Waals surface area contributed by atoms with Crippen LogP contribution in [0.25, 0.3) is 5.69 Å². The largest absolute Gasteiger partial charge is 0.239 e. The van der Waals surface area contributed by atoms with E-state index < -0.39 is 0 Å². The van der Waals surface area contributed by atoms with Gasteiger partial charge in [-0.15, -0.1) is 0 Å². The molecule has 13 heavy (non-hydrogen) atoms. The van der Waals surface area contributed by atoms with E-state index in [9.17, 15) is 0 Å². The molecule has 1 aromatic carbocycles. The second kappa shape index (κ2) is 3.23. The molecule has 0 amide bonds. The van der Waals surface area contributed by atoms with E-state index in [1.54, 1.807) is 4.68 Å². The SMILES string of the molecule is Cc1nn(-c2ccccc2)cc1Cl. The number of benzene rings is 1. The summed E-state index contributed by atoms with van der Waals surface area (Å²) in [5.74, 6) is 0. The predicted molar refractivity (Wildman–Crippen MR) is 53.3 cm³/mol. The number of hydrogen-bond acceptors (Lipinski definition) is 1. The highest BCUT2D eigenvalue weighted by molar-refractivity contribution is 6.31. The van der Waals surface area contributed by atoms with Crippen LogP contribution in [0.4, 0.5) is 0 Å². The Morgan fingerprint density at radius 3 is 2.46 bits per heavy atom. The van der Waals surface area contributed by atoms with Gasteiger partial charge in [0.05, 0.1) is 16.4 Å². The molecule has 0 N–H and O–H groups in total. The van der Waals surface area contributed by atoms with Gasteiger partial charge in [-0.1, -0.05) is 29.8 Å². The second-order valence-corrected chi connectivity index (χ2v) is 3.25. The summed E-state index contributed by atoms with van der Waals surface area (Å²) >= 11 is 5.90. The molecular formula is C10H9ClN2. The molecule has 3 heteroatoms. The quantitative estimate of drug-likeness (QED) is 0.680. The van der Waals surface area contributed by atoms with E-state index in [0.717, 1.165) is 11.4 Å². The van der Waals surface area contributed by atoms with Gasteiger partial charge in [-0.05, 0) is 19.1 Å². The van der Waals surface area contributed by atoms with Crippen molar-refractivity contribution in [3.63, 3.8) is 0 Å². The molecular weight excluding hydrogens is 184 g/mol. The molecule has 0 aliphatic rings. The van der Waals surface area contributed by atoms with E-state index in [1.165, 1.54) is 0 Å². The normalized spacial score (nSPS) is 10.3. The van der Waals surface area contributed by atoms with Gasteiger partial charge in [0.25, 0.3) is 0 Å². The summed E-state index contributed by atoms with van der Waals surface area (Å²) in [6.45, 7) is 1.89. The van der Waals surface area contributed by atoms with Crippen LogP contribution >= 0.6 is 11.6 Å². The van der Waals surface area contributed by atoms with Gasteiger partial charge in [-0.2, -0.15) is 5.10 Å². The molecule has 0 atom stereocenters. The van der Waals surface area contributed by atoms with Crippen molar-refractivity contribution < 1.29 is 0 Å². The molecule has 2 aromatic rings. The Balaban J connectivity index is 2.48. The number of rotatable bonds is 1. The van der Waals surface area contributed by atoms with Gasteiger partial charge in [0, 0.05) is 6.20 Å². The topological polar surface area (TPSA) is 17.8 Å². The van der Waals surface area contributed by atoms with Crippen LogP contribution in [-0.2, 0) is 0 Å². The first-order valence-corrected chi connectivity index (χ1v) is 4.42. The lowest BCUT2D eigenvalue weighted by Gasteiger charge is -1.98. The number of nitrogens with zero attached hydrogens (tertiary/aromatic N) is 2. The molecule has 0 spiro atoms. The highest BCUT2D eigenvalue weighted by atomic mass is 35.5. The summed E-state index contributed by atoms with van der Waals surface area (Å²) < 4.78 is 1.78. The predicted octanol–water partition coefficient (Wildman–Crippen LogP) is 2.83. The molecule has 0 aliphatic carbocycles. The number of hydrogen-bond donors (Lipinski definition) is 0. The van der Waals surface area contributed by atoms with E-state index in [4.69, 9.17) is 11.6 Å². The fourth-order valence-electron chi connectivity index (χ4n) is 1.15. The Morgan fingerprint density at radius 2 is 1.92 bits per heavy atom. The Morgan fingerprint density at radius 1 is 1.23 bits per heavy atom. The van der Waals surface area contributed by atoms with Crippen LogP contribution in [0, 0.1) is 6.92 Å². The second-order valence-electron chi connectivity index (χ2n) is 2.84. The van der Waals surface area contributed by atoms with Gasteiger partial charge in [0.15, 0.2) is 0 Å². The van der Waals surface area contributed by atoms with Crippen molar-refractivity contribution in [1.82, 2.24) is 9.78 Å². The Labute approximate surface area is 81.8 Å². The highest BCUT2D eigenvalue weighted by Gasteiger charge is 2.02. The van der Waals surface area contributed by atoms with Crippen molar-refractivity contribution in [2.75, 3.05) is 0 Å². The van der Waals surface area contributed by atoms with Crippen molar-refractivity contribution >= 4 is 11.6 Å². The van der Waals surface area contributed by atoms with E-state index in [2.05, 4.69) is 5.10 Å². The first kappa shape index (κ1) is 8.32. The molecule has 0 saturated carbocycles. The maximum absolute atomic E-state index is 5.90. The van der Waals surface area contributed by atoms with Gasteiger partial charge >= 0.3 is 0 Å². The zero-order valence-electron chi connectivity index (χ0n) is 7.24. The van der Waals surface area contributed by atoms with Crippen molar-refractivity contribution in [2.24, 2.45) is 0 Å². The maximum Gasteiger partial charge on any atom is 0.0819 e. The van der Waals surface area contributed by atoms with Crippen molar-refractivity contribution in [3.05, 3.63) is 47.2 Å². The molecule has 0 unspecified atom stereocenters. The molecule has 0 fully saturated rings. The molecule has 2 nitrogen and oxygen atoms in total. The third-order valence-electron chi connectivity index (χ3n) is 1.86. The Kier molecular flexibility index (Phi) is 2.07. The molecule has 1 heterocycles. The summed E-state index contributed by atoms with van der Waals surface area (Å²) in [4.78, 5) is 0. The van der Waals surface area contributed by atoms with Gasteiger partial charge in [-0.3, -0.25) is 0 Å². The van der Waals surface area contributed by atoms with E-state index in [0.29, 0.717) is 5.02 Å². The van der Waals surface area contributed by atoms with Crippen LogP contribution in [0.3, 0.4) is 0 Å². The lowest BCUT2D eigenvalue weighted by Crippen LogP contribution is -1.93. The maximum atomic E-state index is 5.90. The monoisotopic (exact) mass is 192 g/mol. The lowest BCUT2D eigenvalue weighted by molar-refractivity contribution is 0.863. The first-order chi connectivity index (χ1) is 6.27. The third kappa shape index (κ3) is 1.58. The zero-order chi connectivity index (χ0) is 9.26. The number of aromatic nitrogens is 2. The average Bonchev–Trinajstić information content (AvgIpc) is 2.49. The fourth-order valence-corrected chi connectivity index (χ4v) is 1.28. The minimum atomic E-state index is 0.698. The molecule has 1 aromatic heterocycles. The molecule has 2 rings (SSSR count). The van der Waals surface area contributed by atoms with Gasteiger partial charge in [0.2, 0.25) is 0 Å². The third-order valence-corrected chi connectivity index (χ3v) is 2.23. The molecule has 0 radical (unpaired) electrons. The summed E-state index contributed by atoms with van der Waals surface area (Å²) in [6, 6.07) is 9.90. The van der Waals surface area contributed by atoms with Crippen LogP contribution in [-0.4, -0.2) is 9.78 Å². The van der Waals surface area contributed by atoms with Crippen LogP contribution in [0.15, 0.2) is 36.5 Å². The lowest BCUT2D eigenvalue weighted by atomic mass is 10.3.